The summed E-state index contributed by atoms with van der Waals surface area (Å²) in [4.78, 5) is 11.8. The average molecular weight is 343 g/mol. The van der Waals surface area contributed by atoms with Crippen LogP contribution < -0.4 is 10.6 Å². The summed E-state index contributed by atoms with van der Waals surface area (Å²) >= 11 is 5.81. The molecule has 1 atom stereocenters. The quantitative estimate of drug-likeness (QED) is 0.860. The van der Waals surface area contributed by atoms with Gasteiger partial charge in [-0.1, -0.05) is 17.7 Å². The summed E-state index contributed by atoms with van der Waals surface area (Å²) in [6, 6.07) is 6.35. The minimum atomic E-state index is -0.688. The topological polar surface area (TPSA) is 41.1 Å². The second-order valence-electron chi connectivity index (χ2n) is 4.94. The first-order chi connectivity index (χ1) is 10.9. The van der Waals surface area contributed by atoms with Crippen molar-refractivity contribution in [2.24, 2.45) is 0 Å². The Labute approximate surface area is 136 Å². The van der Waals surface area contributed by atoms with Crippen molar-refractivity contribution in [2.45, 2.75) is 13.0 Å². The second-order valence-corrected chi connectivity index (χ2v) is 5.35. The average Bonchev–Trinajstić information content (AvgIpc) is 2.48. The fraction of sp³-hybridized carbons (Fsp3) is 0.188. The van der Waals surface area contributed by atoms with Crippen molar-refractivity contribution < 1.29 is 18.0 Å². The third kappa shape index (κ3) is 4.71. The standard InChI is InChI=1S/C16H14ClF3N2O/c1-9(12-4-2-11(19)7-14(12)20)21-8-16(23)22-15-5-3-10(18)6-13(15)17/h2-7,9,21H,8H2,1H3,(H,22,23)/t9-/m0/s1. The molecule has 0 spiro atoms. The van der Waals surface area contributed by atoms with E-state index in [1.807, 2.05) is 0 Å². The number of hydrogen-bond acceptors (Lipinski definition) is 2. The van der Waals surface area contributed by atoms with Crippen LogP contribution in [0.3, 0.4) is 0 Å². The molecule has 1 amide bonds. The van der Waals surface area contributed by atoms with Gasteiger partial charge in [-0.2, -0.15) is 0 Å². The summed E-state index contributed by atoms with van der Waals surface area (Å²) in [7, 11) is 0. The summed E-state index contributed by atoms with van der Waals surface area (Å²) < 4.78 is 39.4. The van der Waals surface area contributed by atoms with Crippen molar-refractivity contribution in [3.05, 3.63) is 64.4 Å². The van der Waals surface area contributed by atoms with Crippen LogP contribution in [0.1, 0.15) is 18.5 Å². The number of carbonyl (C=O) groups is 1. The molecule has 2 N–H and O–H groups in total. The van der Waals surface area contributed by atoms with Crippen LogP contribution in [0.5, 0.6) is 0 Å². The highest BCUT2D eigenvalue weighted by atomic mass is 35.5. The van der Waals surface area contributed by atoms with Crippen molar-refractivity contribution in [1.29, 1.82) is 0 Å². The molecule has 23 heavy (non-hydrogen) atoms. The summed E-state index contributed by atoms with van der Waals surface area (Å²) in [6.45, 7) is 1.53. The lowest BCUT2D eigenvalue weighted by Gasteiger charge is -2.15. The van der Waals surface area contributed by atoms with Crippen molar-refractivity contribution in [2.75, 3.05) is 11.9 Å². The maximum absolute atomic E-state index is 13.6. The van der Waals surface area contributed by atoms with Gasteiger partial charge in [-0.25, -0.2) is 13.2 Å². The van der Waals surface area contributed by atoms with E-state index in [0.29, 0.717) is 0 Å². The van der Waals surface area contributed by atoms with Crippen LogP contribution in [-0.2, 0) is 4.79 Å². The van der Waals surface area contributed by atoms with E-state index in [2.05, 4.69) is 10.6 Å². The predicted molar refractivity (Wildman–Crippen MR) is 82.8 cm³/mol. The van der Waals surface area contributed by atoms with Gasteiger partial charge in [0.2, 0.25) is 5.91 Å². The third-order valence-corrected chi connectivity index (χ3v) is 3.52. The van der Waals surface area contributed by atoms with Crippen LogP contribution in [0.25, 0.3) is 0 Å². The molecular weight excluding hydrogens is 329 g/mol. The highest BCUT2D eigenvalue weighted by Gasteiger charge is 2.13. The molecule has 0 bridgehead atoms. The Bertz CT molecular complexity index is 724. The van der Waals surface area contributed by atoms with Crippen LogP contribution in [0.15, 0.2) is 36.4 Å². The Kier molecular flexibility index (Phi) is 5.63. The van der Waals surface area contributed by atoms with Crippen molar-refractivity contribution in [3.63, 3.8) is 0 Å². The molecule has 2 aromatic carbocycles. The molecule has 0 heterocycles. The zero-order chi connectivity index (χ0) is 17.0. The van der Waals surface area contributed by atoms with E-state index in [4.69, 9.17) is 11.6 Å². The Morgan fingerprint density at radius 3 is 2.43 bits per heavy atom. The molecule has 0 fully saturated rings. The van der Waals surface area contributed by atoms with Crippen molar-refractivity contribution >= 4 is 23.2 Å². The molecule has 2 aromatic rings. The van der Waals surface area contributed by atoms with E-state index in [0.717, 1.165) is 18.2 Å². The molecule has 0 saturated heterocycles. The zero-order valence-corrected chi connectivity index (χ0v) is 12.9. The van der Waals surface area contributed by atoms with Gasteiger partial charge in [-0.3, -0.25) is 4.79 Å². The van der Waals surface area contributed by atoms with E-state index < -0.39 is 29.4 Å². The first-order valence-electron chi connectivity index (χ1n) is 6.80. The molecule has 0 aliphatic carbocycles. The fourth-order valence-electron chi connectivity index (χ4n) is 1.99. The van der Waals surface area contributed by atoms with Gasteiger partial charge in [0.15, 0.2) is 0 Å². The monoisotopic (exact) mass is 342 g/mol. The molecule has 0 radical (unpaired) electrons. The molecule has 0 aliphatic rings. The van der Waals surface area contributed by atoms with Crippen LogP contribution in [-0.4, -0.2) is 12.5 Å². The maximum atomic E-state index is 13.6. The predicted octanol–water partition coefficient (Wildman–Crippen LogP) is 4.05. The highest BCUT2D eigenvalue weighted by molar-refractivity contribution is 6.33. The molecule has 7 heteroatoms. The van der Waals surface area contributed by atoms with Crippen LogP contribution in [0.2, 0.25) is 5.02 Å². The maximum Gasteiger partial charge on any atom is 0.238 e. The van der Waals surface area contributed by atoms with E-state index in [-0.39, 0.29) is 22.8 Å². The number of hydrogen-bond donors (Lipinski definition) is 2. The largest absolute Gasteiger partial charge is 0.324 e. The lowest BCUT2D eigenvalue weighted by molar-refractivity contribution is -0.115. The Hall–Kier alpha value is -2.05. The van der Waals surface area contributed by atoms with Crippen LogP contribution in [0, 0.1) is 17.5 Å². The van der Waals surface area contributed by atoms with E-state index >= 15 is 0 Å². The minimum Gasteiger partial charge on any atom is -0.324 e. The highest BCUT2D eigenvalue weighted by Crippen LogP contribution is 2.22. The molecule has 0 saturated carbocycles. The van der Waals surface area contributed by atoms with Gasteiger partial charge in [0, 0.05) is 17.7 Å². The molecule has 3 nitrogen and oxygen atoms in total. The summed E-state index contributed by atoms with van der Waals surface area (Å²) in [6.07, 6.45) is 0. The van der Waals surface area contributed by atoms with Gasteiger partial charge >= 0.3 is 0 Å². The fourth-order valence-corrected chi connectivity index (χ4v) is 2.21. The molecule has 122 valence electrons. The number of anilines is 1. The molecule has 0 unspecified atom stereocenters. The first-order valence-corrected chi connectivity index (χ1v) is 7.18. The van der Waals surface area contributed by atoms with Gasteiger partial charge in [0.25, 0.3) is 0 Å². The van der Waals surface area contributed by atoms with Crippen molar-refractivity contribution in [3.8, 4) is 0 Å². The number of halogens is 4. The Balaban J connectivity index is 1.93. The van der Waals surface area contributed by atoms with Crippen molar-refractivity contribution in [1.82, 2.24) is 5.32 Å². The van der Waals surface area contributed by atoms with Gasteiger partial charge in [0.05, 0.1) is 17.3 Å². The lowest BCUT2D eigenvalue weighted by Crippen LogP contribution is -2.30. The van der Waals surface area contributed by atoms with E-state index in [9.17, 15) is 18.0 Å². The number of rotatable bonds is 5. The molecule has 0 aliphatic heterocycles. The minimum absolute atomic E-state index is 0.0796. The normalized spacial score (nSPS) is 12.0. The third-order valence-electron chi connectivity index (χ3n) is 3.20. The summed E-state index contributed by atoms with van der Waals surface area (Å²) in [5, 5.41) is 5.41. The number of amides is 1. The number of carbonyl (C=O) groups excluding carboxylic acids is 1. The van der Waals surface area contributed by atoms with Gasteiger partial charge in [-0.15, -0.1) is 0 Å². The lowest BCUT2D eigenvalue weighted by atomic mass is 10.1. The smallest absolute Gasteiger partial charge is 0.238 e. The van der Waals surface area contributed by atoms with Gasteiger partial charge in [0.1, 0.15) is 17.5 Å². The van der Waals surface area contributed by atoms with Gasteiger partial charge < -0.3 is 10.6 Å². The Morgan fingerprint density at radius 1 is 1.13 bits per heavy atom. The first kappa shape index (κ1) is 17.3. The SMILES string of the molecule is C[C@H](NCC(=O)Nc1ccc(F)cc1Cl)c1ccc(F)cc1F. The number of benzene rings is 2. The van der Waals surface area contributed by atoms with E-state index in [1.165, 1.54) is 18.2 Å². The van der Waals surface area contributed by atoms with Crippen LogP contribution in [0.4, 0.5) is 18.9 Å². The second kappa shape index (κ2) is 7.48. The number of nitrogens with one attached hydrogen (secondary N) is 2. The molecule has 0 aromatic heterocycles. The van der Waals surface area contributed by atoms with Crippen LogP contribution >= 0.6 is 11.6 Å². The van der Waals surface area contributed by atoms with E-state index in [1.54, 1.807) is 6.92 Å². The summed E-state index contributed by atoms with van der Waals surface area (Å²) in [5.74, 6) is -2.28. The molecular formula is C16H14ClF3N2O. The molecule has 2 rings (SSSR count). The Morgan fingerprint density at radius 2 is 1.78 bits per heavy atom. The summed E-state index contributed by atoms with van der Waals surface area (Å²) in [5.41, 5.74) is 0.527. The van der Waals surface area contributed by atoms with Gasteiger partial charge in [-0.05, 0) is 31.2 Å². The zero-order valence-electron chi connectivity index (χ0n) is 12.2.